The van der Waals surface area contributed by atoms with E-state index in [-0.39, 0.29) is 0 Å². The van der Waals surface area contributed by atoms with Crippen LogP contribution in [0.4, 0.5) is 4.79 Å². The third-order valence-corrected chi connectivity index (χ3v) is 2.52. The third kappa shape index (κ3) is 3.31. The van der Waals surface area contributed by atoms with Gasteiger partial charge in [0.25, 0.3) is 5.91 Å². The number of benzene rings is 1. The Kier molecular flexibility index (Phi) is 3.91. The highest BCUT2D eigenvalue weighted by Crippen LogP contribution is 2.06. The maximum Gasteiger partial charge on any atom is 0.326 e. The summed E-state index contributed by atoms with van der Waals surface area (Å²) in [5.41, 5.74) is 1.18. The molecule has 92 valence electrons. The van der Waals surface area contributed by atoms with Crippen LogP contribution in [-0.4, -0.2) is 11.9 Å². The molecule has 0 saturated heterocycles. The molecule has 4 nitrogen and oxygen atoms in total. The van der Waals surface area contributed by atoms with Gasteiger partial charge in [-0.2, -0.15) is 0 Å². The molecule has 1 aromatic rings. The van der Waals surface area contributed by atoms with Crippen molar-refractivity contribution < 1.29 is 9.59 Å². The summed E-state index contributed by atoms with van der Waals surface area (Å²) >= 11 is 0. The number of carbonyl (C=O) groups excluding carboxylic acids is 2. The van der Waals surface area contributed by atoms with E-state index in [1.807, 2.05) is 24.3 Å². The van der Waals surface area contributed by atoms with Crippen molar-refractivity contribution in [1.82, 2.24) is 10.6 Å². The van der Waals surface area contributed by atoms with Crippen molar-refractivity contribution in [2.24, 2.45) is 0 Å². The normalized spacial score (nSPS) is 13.7. The molecule has 1 aliphatic rings. The van der Waals surface area contributed by atoms with Crippen LogP contribution in [0.3, 0.4) is 0 Å². The van der Waals surface area contributed by atoms with Gasteiger partial charge in [-0.05, 0) is 31.1 Å². The molecule has 0 bridgehead atoms. The van der Waals surface area contributed by atoms with Gasteiger partial charge in [-0.15, -0.1) is 0 Å². The molecule has 2 N–H and O–H groups in total. The molecule has 0 saturated carbocycles. The second kappa shape index (κ2) is 5.82. The van der Waals surface area contributed by atoms with Gasteiger partial charge in [0.1, 0.15) is 0 Å². The smallest absolute Gasteiger partial charge is 0.308 e. The van der Waals surface area contributed by atoms with E-state index in [0.717, 1.165) is 18.5 Å². The number of allylic oxidation sites excluding steroid dienone is 3. The van der Waals surface area contributed by atoms with Crippen LogP contribution in [0, 0.1) is 0 Å². The van der Waals surface area contributed by atoms with Crippen molar-refractivity contribution in [3.05, 3.63) is 59.8 Å². The van der Waals surface area contributed by atoms with Gasteiger partial charge in [0.05, 0.1) is 0 Å². The van der Waals surface area contributed by atoms with Crippen molar-refractivity contribution in [2.75, 3.05) is 0 Å². The van der Waals surface area contributed by atoms with E-state index in [0.29, 0.717) is 5.56 Å². The fourth-order valence-corrected chi connectivity index (χ4v) is 1.63. The van der Waals surface area contributed by atoms with Gasteiger partial charge in [-0.25, -0.2) is 4.79 Å². The van der Waals surface area contributed by atoms with Gasteiger partial charge in [0.2, 0.25) is 0 Å². The quantitative estimate of drug-likeness (QED) is 0.836. The van der Waals surface area contributed by atoms with Crippen LogP contribution in [0.15, 0.2) is 54.3 Å². The number of rotatable bonds is 2. The van der Waals surface area contributed by atoms with Crippen molar-refractivity contribution in [3.63, 3.8) is 0 Å². The van der Waals surface area contributed by atoms with E-state index in [9.17, 15) is 9.59 Å². The van der Waals surface area contributed by atoms with E-state index in [4.69, 9.17) is 0 Å². The number of hydrogen-bond donors (Lipinski definition) is 2. The predicted molar refractivity (Wildman–Crippen MR) is 68.9 cm³/mol. The highest BCUT2D eigenvalue weighted by atomic mass is 16.2. The van der Waals surface area contributed by atoms with Gasteiger partial charge < -0.3 is 5.32 Å². The number of carbonyl (C=O) groups is 2. The molecule has 4 heteroatoms. The Morgan fingerprint density at radius 1 is 1.06 bits per heavy atom. The van der Waals surface area contributed by atoms with Crippen LogP contribution in [0.2, 0.25) is 0 Å². The lowest BCUT2D eigenvalue weighted by atomic mass is 10.1. The molecule has 0 spiro atoms. The summed E-state index contributed by atoms with van der Waals surface area (Å²) in [6.45, 7) is 0. The summed E-state index contributed by atoms with van der Waals surface area (Å²) < 4.78 is 0. The number of hydrogen-bond acceptors (Lipinski definition) is 2. The maximum absolute atomic E-state index is 11.7. The van der Waals surface area contributed by atoms with Gasteiger partial charge >= 0.3 is 6.03 Å². The molecule has 1 aliphatic carbocycles. The van der Waals surface area contributed by atoms with Crippen LogP contribution in [0.25, 0.3) is 0 Å². The van der Waals surface area contributed by atoms with Crippen LogP contribution in [0.5, 0.6) is 0 Å². The highest BCUT2D eigenvalue weighted by Gasteiger charge is 2.10. The monoisotopic (exact) mass is 242 g/mol. The molecular formula is C14H14N2O2. The van der Waals surface area contributed by atoms with Crippen molar-refractivity contribution in [2.45, 2.75) is 12.8 Å². The zero-order chi connectivity index (χ0) is 12.8. The first kappa shape index (κ1) is 12.1. The number of nitrogens with one attached hydrogen (secondary N) is 2. The average molecular weight is 242 g/mol. The van der Waals surface area contributed by atoms with Gasteiger partial charge in [0, 0.05) is 11.3 Å². The molecule has 0 heterocycles. The number of urea groups is 1. The lowest BCUT2D eigenvalue weighted by Crippen LogP contribution is -2.38. The summed E-state index contributed by atoms with van der Waals surface area (Å²) in [6, 6.07) is 8.11. The first-order valence-electron chi connectivity index (χ1n) is 5.80. The second-order valence-corrected chi connectivity index (χ2v) is 3.91. The highest BCUT2D eigenvalue weighted by molar-refractivity contribution is 6.04. The molecule has 18 heavy (non-hydrogen) atoms. The molecule has 0 fully saturated rings. The Bertz CT molecular complexity index is 504. The first-order chi connectivity index (χ1) is 8.75. The minimum Gasteiger partial charge on any atom is -0.308 e. The minimum absolute atomic E-state index is 0.409. The molecular weight excluding hydrogens is 228 g/mol. The Balaban J connectivity index is 1.90. The molecule has 1 aromatic carbocycles. The molecule has 0 atom stereocenters. The van der Waals surface area contributed by atoms with Crippen LogP contribution >= 0.6 is 0 Å². The van der Waals surface area contributed by atoms with Gasteiger partial charge in [-0.3, -0.25) is 10.1 Å². The van der Waals surface area contributed by atoms with E-state index in [1.165, 1.54) is 0 Å². The summed E-state index contributed by atoms with van der Waals surface area (Å²) in [6.07, 6.45) is 7.62. The van der Waals surface area contributed by atoms with E-state index < -0.39 is 11.9 Å². The van der Waals surface area contributed by atoms with E-state index in [1.54, 1.807) is 24.3 Å². The second-order valence-electron chi connectivity index (χ2n) is 3.91. The first-order valence-corrected chi connectivity index (χ1v) is 5.80. The Morgan fingerprint density at radius 3 is 2.50 bits per heavy atom. The van der Waals surface area contributed by atoms with E-state index in [2.05, 4.69) is 10.6 Å². The maximum atomic E-state index is 11.7. The van der Waals surface area contributed by atoms with Crippen LogP contribution < -0.4 is 10.6 Å². The topological polar surface area (TPSA) is 58.2 Å². The summed E-state index contributed by atoms with van der Waals surface area (Å²) in [5, 5.41) is 4.90. The van der Waals surface area contributed by atoms with Crippen molar-refractivity contribution in [3.8, 4) is 0 Å². The largest absolute Gasteiger partial charge is 0.326 e. The average Bonchev–Trinajstić information content (AvgIpc) is 2.40. The van der Waals surface area contributed by atoms with Crippen molar-refractivity contribution in [1.29, 1.82) is 0 Å². The third-order valence-electron chi connectivity index (χ3n) is 2.52. The van der Waals surface area contributed by atoms with Crippen molar-refractivity contribution >= 4 is 11.9 Å². The SMILES string of the molecule is O=C(NC(=O)c1ccccc1)NC1=CCCC=C1. The van der Waals surface area contributed by atoms with Crippen LogP contribution in [0.1, 0.15) is 23.2 Å². The zero-order valence-corrected chi connectivity index (χ0v) is 9.85. The molecule has 3 amide bonds. The fraction of sp³-hybridized carbons (Fsp3) is 0.143. The fourth-order valence-electron chi connectivity index (χ4n) is 1.63. The summed E-state index contributed by atoms with van der Waals surface area (Å²) in [7, 11) is 0. The Morgan fingerprint density at radius 2 is 1.83 bits per heavy atom. The molecule has 0 aliphatic heterocycles. The van der Waals surface area contributed by atoms with Gasteiger partial charge in [-0.1, -0.05) is 30.4 Å². The molecule has 0 aromatic heterocycles. The minimum atomic E-state index is -0.512. The predicted octanol–water partition coefficient (Wildman–Crippen LogP) is 2.36. The zero-order valence-electron chi connectivity index (χ0n) is 9.85. The van der Waals surface area contributed by atoms with E-state index >= 15 is 0 Å². The standard InChI is InChI=1S/C14H14N2O2/c17-13(11-7-3-1-4-8-11)16-14(18)15-12-9-5-2-6-10-12/h1,3-5,7-10H,2,6H2,(H2,15,16,17,18). The van der Waals surface area contributed by atoms with Crippen LogP contribution in [-0.2, 0) is 0 Å². The summed E-state index contributed by atoms with van der Waals surface area (Å²) in [4.78, 5) is 23.3. The number of imide groups is 1. The summed E-state index contributed by atoms with van der Waals surface area (Å²) in [5.74, 6) is -0.409. The van der Waals surface area contributed by atoms with Gasteiger partial charge in [0.15, 0.2) is 0 Å². The Labute approximate surface area is 105 Å². The molecule has 0 radical (unpaired) electrons. The Hall–Kier alpha value is -2.36. The lowest BCUT2D eigenvalue weighted by molar-refractivity contribution is 0.0964. The number of amides is 3. The molecule has 2 rings (SSSR count). The molecule has 0 unspecified atom stereocenters. The lowest BCUT2D eigenvalue weighted by Gasteiger charge is -2.09.